The number of nitrogens with zero attached hydrogens (tertiary/aromatic N) is 3. The number of hydrogen-bond acceptors (Lipinski definition) is 5. The molecule has 192 valence electrons. The summed E-state index contributed by atoms with van der Waals surface area (Å²) in [6.45, 7) is 2.07. The van der Waals surface area contributed by atoms with E-state index in [2.05, 4.69) is 34.5 Å². The molecule has 1 aliphatic carbocycles. The first-order valence-electron chi connectivity index (χ1n) is 12.3. The number of methoxy groups -OCH3 is 1. The zero-order chi connectivity index (χ0) is 26.1. The van der Waals surface area contributed by atoms with Gasteiger partial charge < -0.3 is 21.5 Å². The number of rotatable bonds is 6. The third-order valence-electron chi connectivity index (χ3n) is 6.95. The number of aryl methyl sites for hydroxylation is 1. The zero-order valence-corrected chi connectivity index (χ0v) is 22.4. The molecule has 0 unspecified atom stereocenters. The van der Waals surface area contributed by atoms with Crippen molar-refractivity contribution >= 4 is 45.9 Å². The van der Waals surface area contributed by atoms with Crippen LogP contribution in [-0.4, -0.2) is 34.6 Å². The maximum atomic E-state index is 6.57. The van der Waals surface area contributed by atoms with Crippen LogP contribution in [-0.2, 0) is 0 Å². The molecule has 5 rings (SSSR count). The largest absolute Gasteiger partial charge is 0.497 e. The molecule has 0 spiro atoms. The number of nitrogens with two attached hydrogens (primary N) is 2. The Morgan fingerprint density at radius 1 is 1.11 bits per heavy atom. The maximum Gasteiger partial charge on any atom is 0.135 e. The van der Waals surface area contributed by atoms with Crippen LogP contribution in [0.2, 0.25) is 10.0 Å². The van der Waals surface area contributed by atoms with E-state index in [4.69, 9.17) is 39.4 Å². The Balaban J connectivity index is 1.62. The van der Waals surface area contributed by atoms with Gasteiger partial charge in [-0.25, -0.2) is 9.51 Å². The highest BCUT2D eigenvalue weighted by Gasteiger charge is 2.22. The summed E-state index contributed by atoms with van der Waals surface area (Å²) in [5.41, 5.74) is 18.9. The standard InChI is InChI=1S/C28H30Cl2N6O/c1-16-12-20(37-2)10-11-21(16)17-13-25-26(34-19-8-6-18(31)7-9-19)22(14-33-36(25)15-17)28(32)35-27-23(29)4-3-5-24(27)30/h3-5,10-15,18-19,34H,6-9,31H2,1-2H3,(H2,32,35)/t18-,19-. The molecule has 4 aromatic rings. The summed E-state index contributed by atoms with van der Waals surface area (Å²) in [4.78, 5) is 4.61. The number of aliphatic imine (C=N–C) groups is 1. The SMILES string of the molecule is COc1ccc(-c2cc3c(N[C@H]4CC[C@H](N)CC4)c(/C(N)=N/c4c(Cl)cccc4Cl)cnn3c2)c(C)c1. The average Bonchev–Trinajstić information content (AvgIpc) is 3.32. The lowest BCUT2D eigenvalue weighted by atomic mass is 9.91. The van der Waals surface area contributed by atoms with E-state index in [0.29, 0.717) is 21.3 Å². The van der Waals surface area contributed by atoms with E-state index < -0.39 is 0 Å². The van der Waals surface area contributed by atoms with Gasteiger partial charge in [0.15, 0.2) is 0 Å². The van der Waals surface area contributed by atoms with Gasteiger partial charge in [0.1, 0.15) is 17.3 Å². The molecule has 5 N–H and O–H groups in total. The van der Waals surface area contributed by atoms with Crippen LogP contribution in [0.25, 0.3) is 16.6 Å². The Bertz CT molecular complexity index is 1450. The van der Waals surface area contributed by atoms with Crippen LogP contribution in [0.3, 0.4) is 0 Å². The minimum absolute atomic E-state index is 0.252. The lowest BCUT2D eigenvalue weighted by Gasteiger charge is -2.28. The van der Waals surface area contributed by atoms with Crippen molar-refractivity contribution in [1.82, 2.24) is 9.61 Å². The molecule has 2 heterocycles. The molecule has 0 saturated heterocycles. The van der Waals surface area contributed by atoms with Crippen molar-refractivity contribution in [2.24, 2.45) is 16.5 Å². The Kier molecular flexibility index (Phi) is 7.29. The lowest BCUT2D eigenvalue weighted by Crippen LogP contribution is -2.33. The number of para-hydroxylation sites is 1. The van der Waals surface area contributed by atoms with Crippen LogP contribution in [0.4, 0.5) is 11.4 Å². The summed E-state index contributed by atoms with van der Waals surface area (Å²) in [5.74, 6) is 1.11. The van der Waals surface area contributed by atoms with E-state index in [0.717, 1.165) is 59.3 Å². The number of halogens is 2. The van der Waals surface area contributed by atoms with Gasteiger partial charge in [-0.15, -0.1) is 0 Å². The van der Waals surface area contributed by atoms with Gasteiger partial charge in [0, 0.05) is 23.8 Å². The van der Waals surface area contributed by atoms with Crippen molar-refractivity contribution in [2.75, 3.05) is 12.4 Å². The summed E-state index contributed by atoms with van der Waals surface area (Å²) in [7, 11) is 1.67. The van der Waals surface area contributed by atoms with E-state index in [9.17, 15) is 0 Å². The summed E-state index contributed by atoms with van der Waals surface area (Å²) in [5, 5.41) is 9.27. The summed E-state index contributed by atoms with van der Waals surface area (Å²) in [6.07, 6.45) is 7.67. The highest BCUT2D eigenvalue weighted by molar-refractivity contribution is 6.39. The van der Waals surface area contributed by atoms with E-state index in [1.165, 1.54) is 0 Å². The second kappa shape index (κ2) is 10.6. The van der Waals surface area contributed by atoms with Crippen molar-refractivity contribution in [1.29, 1.82) is 0 Å². The van der Waals surface area contributed by atoms with Gasteiger partial charge in [0.25, 0.3) is 0 Å². The molecule has 2 aromatic carbocycles. The Morgan fingerprint density at radius 2 is 1.84 bits per heavy atom. The normalized spacial score (nSPS) is 18.2. The Hall–Kier alpha value is -3.26. The van der Waals surface area contributed by atoms with E-state index >= 15 is 0 Å². The van der Waals surface area contributed by atoms with Gasteiger partial charge in [0.05, 0.1) is 40.1 Å². The third kappa shape index (κ3) is 5.25. The molecule has 9 heteroatoms. The Morgan fingerprint density at radius 3 is 2.51 bits per heavy atom. The van der Waals surface area contributed by atoms with Crippen molar-refractivity contribution in [3.8, 4) is 16.9 Å². The number of ether oxygens (including phenoxy) is 1. The third-order valence-corrected chi connectivity index (χ3v) is 7.56. The molecule has 2 aromatic heterocycles. The van der Waals surface area contributed by atoms with Gasteiger partial charge in [-0.1, -0.05) is 35.3 Å². The molecule has 37 heavy (non-hydrogen) atoms. The first-order valence-corrected chi connectivity index (χ1v) is 13.1. The number of anilines is 1. The monoisotopic (exact) mass is 536 g/mol. The maximum absolute atomic E-state index is 6.57. The predicted octanol–water partition coefficient (Wildman–Crippen LogP) is 6.34. The highest BCUT2D eigenvalue weighted by atomic mass is 35.5. The summed E-state index contributed by atoms with van der Waals surface area (Å²) < 4.78 is 7.25. The molecule has 1 fully saturated rings. The summed E-state index contributed by atoms with van der Waals surface area (Å²) >= 11 is 12.7. The molecule has 0 bridgehead atoms. The van der Waals surface area contributed by atoms with E-state index in [-0.39, 0.29) is 17.9 Å². The lowest BCUT2D eigenvalue weighted by molar-refractivity contribution is 0.411. The van der Waals surface area contributed by atoms with Crippen LogP contribution in [0.1, 0.15) is 36.8 Å². The summed E-state index contributed by atoms with van der Waals surface area (Å²) in [6, 6.07) is 13.9. The molecule has 0 radical (unpaired) electrons. The molecule has 0 aliphatic heterocycles. The van der Waals surface area contributed by atoms with Crippen LogP contribution in [0, 0.1) is 6.92 Å². The quantitative estimate of drug-likeness (QED) is 0.197. The van der Waals surface area contributed by atoms with Crippen molar-refractivity contribution in [3.05, 3.63) is 76.0 Å². The Labute approximate surface area is 226 Å². The van der Waals surface area contributed by atoms with Crippen LogP contribution >= 0.6 is 23.2 Å². The molecular weight excluding hydrogens is 507 g/mol. The number of benzene rings is 2. The minimum atomic E-state index is 0.252. The first kappa shape index (κ1) is 25.4. The number of nitrogens with one attached hydrogen (secondary N) is 1. The molecule has 1 aliphatic rings. The topological polar surface area (TPSA) is 103 Å². The van der Waals surface area contributed by atoms with Gasteiger partial charge in [-0.2, -0.15) is 5.10 Å². The predicted molar refractivity (Wildman–Crippen MR) is 153 cm³/mol. The fourth-order valence-corrected chi connectivity index (χ4v) is 5.36. The zero-order valence-electron chi connectivity index (χ0n) is 20.8. The first-order chi connectivity index (χ1) is 17.8. The van der Waals surface area contributed by atoms with Crippen molar-refractivity contribution in [2.45, 2.75) is 44.7 Å². The smallest absolute Gasteiger partial charge is 0.135 e. The fourth-order valence-electron chi connectivity index (χ4n) is 4.88. The minimum Gasteiger partial charge on any atom is -0.497 e. The van der Waals surface area contributed by atoms with Gasteiger partial charge in [-0.05, 0) is 74.1 Å². The number of amidine groups is 1. The number of hydrogen-bond donors (Lipinski definition) is 3. The van der Waals surface area contributed by atoms with Gasteiger partial charge in [0.2, 0.25) is 0 Å². The molecule has 1 saturated carbocycles. The highest BCUT2D eigenvalue weighted by Crippen LogP contribution is 2.36. The number of aromatic nitrogens is 2. The van der Waals surface area contributed by atoms with Crippen LogP contribution < -0.4 is 21.5 Å². The van der Waals surface area contributed by atoms with Crippen LogP contribution in [0.5, 0.6) is 5.75 Å². The van der Waals surface area contributed by atoms with E-state index in [1.807, 2.05) is 22.8 Å². The second-order valence-corrected chi connectivity index (χ2v) is 10.3. The van der Waals surface area contributed by atoms with Gasteiger partial charge >= 0.3 is 0 Å². The van der Waals surface area contributed by atoms with Crippen molar-refractivity contribution in [3.63, 3.8) is 0 Å². The fraction of sp³-hybridized carbons (Fsp3) is 0.286. The number of fused-ring (bicyclic) bond motifs is 1. The molecule has 7 nitrogen and oxygen atoms in total. The molecule has 0 atom stereocenters. The molecule has 0 amide bonds. The van der Waals surface area contributed by atoms with E-state index in [1.54, 1.807) is 31.5 Å². The van der Waals surface area contributed by atoms with Gasteiger partial charge in [-0.3, -0.25) is 0 Å². The average molecular weight is 537 g/mol. The second-order valence-electron chi connectivity index (χ2n) is 9.50. The van der Waals surface area contributed by atoms with Crippen LogP contribution in [0.15, 0.2) is 59.9 Å². The van der Waals surface area contributed by atoms with Crippen molar-refractivity contribution < 1.29 is 4.74 Å². The molecular formula is C28H30Cl2N6O.